The molecule has 0 aromatic heterocycles. The van der Waals surface area contributed by atoms with Crippen molar-refractivity contribution in [2.45, 2.75) is 39.7 Å². The van der Waals surface area contributed by atoms with Gasteiger partial charge in [-0.3, -0.25) is 4.79 Å². The van der Waals surface area contributed by atoms with Gasteiger partial charge >= 0.3 is 0 Å². The van der Waals surface area contributed by atoms with E-state index in [0.717, 1.165) is 19.5 Å². The summed E-state index contributed by atoms with van der Waals surface area (Å²) in [5.74, 6) is 0.197. The van der Waals surface area contributed by atoms with Crippen LogP contribution in [0.25, 0.3) is 0 Å². The molecule has 0 radical (unpaired) electrons. The maximum Gasteiger partial charge on any atom is 0.220 e. The molecule has 13 heavy (non-hydrogen) atoms. The van der Waals surface area contributed by atoms with Gasteiger partial charge in [-0.15, -0.1) is 0 Å². The summed E-state index contributed by atoms with van der Waals surface area (Å²) in [7, 11) is 0. The van der Waals surface area contributed by atoms with E-state index in [2.05, 4.69) is 31.4 Å². The predicted molar refractivity (Wildman–Crippen MR) is 53.5 cm³/mol. The van der Waals surface area contributed by atoms with E-state index < -0.39 is 0 Å². The Bertz CT molecular complexity index is 184. The van der Waals surface area contributed by atoms with Crippen molar-refractivity contribution in [1.29, 1.82) is 0 Å². The van der Waals surface area contributed by atoms with Crippen LogP contribution in [0.15, 0.2) is 0 Å². The molecule has 3 nitrogen and oxygen atoms in total. The highest BCUT2D eigenvalue weighted by molar-refractivity contribution is 5.78. The maximum absolute atomic E-state index is 10.9. The van der Waals surface area contributed by atoms with Gasteiger partial charge in [0.15, 0.2) is 0 Å². The third-order valence-corrected chi connectivity index (χ3v) is 2.13. The number of carbonyl (C=O) groups is 1. The highest BCUT2D eigenvalue weighted by atomic mass is 16.1. The summed E-state index contributed by atoms with van der Waals surface area (Å²) in [5, 5.41) is 6.31. The minimum absolute atomic E-state index is 0.197. The average molecular weight is 184 g/mol. The molecule has 1 amide bonds. The van der Waals surface area contributed by atoms with Crippen LogP contribution in [0.2, 0.25) is 0 Å². The van der Waals surface area contributed by atoms with E-state index in [0.29, 0.717) is 17.9 Å². The molecular formula is C10H20N2O. The van der Waals surface area contributed by atoms with E-state index >= 15 is 0 Å². The van der Waals surface area contributed by atoms with E-state index in [1.807, 2.05) is 0 Å². The van der Waals surface area contributed by atoms with E-state index in [1.54, 1.807) is 0 Å². The lowest BCUT2D eigenvalue weighted by Gasteiger charge is -2.20. The number of carbonyl (C=O) groups excluding carboxylic acids is 1. The Balaban J connectivity index is 2.10. The molecule has 0 aliphatic carbocycles. The highest BCUT2D eigenvalue weighted by Crippen LogP contribution is 2.11. The van der Waals surface area contributed by atoms with Crippen molar-refractivity contribution >= 4 is 5.91 Å². The van der Waals surface area contributed by atoms with Gasteiger partial charge in [0.25, 0.3) is 0 Å². The number of amides is 1. The van der Waals surface area contributed by atoms with E-state index in [4.69, 9.17) is 0 Å². The quantitative estimate of drug-likeness (QED) is 0.684. The normalized spacial score (nSPS) is 23.3. The molecule has 0 bridgehead atoms. The summed E-state index contributed by atoms with van der Waals surface area (Å²) in [4.78, 5) is 10.9. The fourth-order valence-electron chi connectivity index (χ4n) is 1.45. The van der Waals surface area contributed by atoms with Gasteiger partial charge in [0.2, 0.25) is 5.91 Å². The Morgan fingerprint density at radius 1 is 1.54 bits per heavy atom. The fourth-order valence-corrected chi connectivity index (χ4v) is 1.45. The number of nitrogens with one attached hydrogen (secondary N) is 2. The van der Waals surface area contributed by atoms with Crippen LogP contribution < -0.4 is 10.6 Å². The molecule has 1 aliphatic rings. The Morgan fingerprint density at radius 3 is 2.69 bits per heavy atom. The molecule has 1 heterocycles. The van der Waals surface area contributed by atoms with Crippen LogP contribution in [0.3, 0.4) is 0 Å². The Labute approximate surface area is 80.3 Å². The van der Waals surface area contributed by atoms with E-state index in [-0.39, 0.29) is 5.91 Å². The largest absolute Gasteiger partial charge is 0.352 e. The first-order chi connectivity index (χ1) is 5.97. The minimum Gasteiger partial charge on any atom is -0.352 e. The zero-order chi connectivity index (χ0) is 9.90. The van der Waals surface area contributed by atoms with Crippen LogP contribution in [0.5, 0.6) is 0 Å². The molecule has 1 atom stereocenters. The van der Waals surface area contributed by atoms with Gasteiger partial charge < -0.3 is 10.6 Å². The molecule has 3 heteroatoms. The van der Waals surface area contributed by atoms with Crippen molar-refractivity contribution in [2.24, 2.45) is 5.41 Å². The molecular weight excluding hydrogens is 164 g/mol. The first kappa shape index (κ1) is 10.5. The lowest BCUT2D eigenvalue weighted by Crippen LogP contribution is -2.38. The SMILES string of the molecule is CC(C)(C)CNC[C@@H]1CCC(=O)N1. The van der Waals surface area contributed by atoms with Gasteiger partial charge in [-0.1, -0.05) is 20.8 Å². The van der Waals surface area contributed by atoms with Gasteiger partial charge in [0.1, 0.15) is 0 Å². The molecule has 76 valence electrons. The molecule has 1 rings (SSSR count). The minimum atomic E-state index is 0.197. The first-order valence-electron chi connectivity index (χ1n) is 4.97. The van der Waals surface area contributed by atoms with E-state index in [9.17, 15) is 4.79 Å². The third-order valence-electron chi connectivity index (χ3n) is 2.13. The standard InChI is InChI=1S/C10H20N2O/c1-10(2,3)7-11-6-8-4-5-9(13)12-8/h8,11H,4-7H2,1-3H3,(H,12,13)/t8-/m0/s1. The number of hydrogen-bond donors (Lipinski definition) is 2. The van der Waals surface area contributed by atoms with Gasteiger partial charge in [0, 0.05) is 25.6 Å². The summed E-state index contributed by atoms with van der Waals surface area (Å²) in [6, 6.07) is 0.356. The number of rotatable bonds is 3. The smallest absolute Gasteiger partial charge is 0.220 e. The van der Waals surface area contributed by atoms with Crippen LogP contribution in [-0.4, -0.2) is 25.0 Å². The van der Waals surface area contributed by atoms with Crippen LogP contribution in [0, 0.1) is 5.41 Å². The second-order valence-corrected chi connectivity index (χ2v) is 4.99. The Hall–Kier alpha value is -0.570. The summed E-state index contributed by atoms with van der Waals surface area (Å²) in [5.41, 5.74) is 0.322. The highest BCUT2D eigenvalue weighted by Gasteiger charge is 2.20. The monoisotopic (exact) mass is 184 g/mol. The zero-order valence-electron chi connectivity index (χ0n) is 8.81. The fraction of sp³-hybridized carbons (Fsp3) is 0.900. The third kappa shape index (κ3) is 4.27. The summed E-state index contributed by atoms with van der Waals surface area (Å²) in [6.45, 7) is 8.51. The van der Waals surface area contributed by atoms with Crippen LogP contribution in [-0.2, 0) is 4.79 Å². The zero-order valence-corrected chi connectivity index (χ0v) is 8.81. The van der Waals surface area contributed by atoms with E-state index in [1.165, 1.54) is 0 Å². The Morgan fingerprint density at radius 2 is 2.23 bits per heavy atom. The molecule has 1 aliphatic heterocycles. The predicted octanol–water partition coefficient (Wildman–Crippen LogP) is 0.901. The second kappa shape index (κ2) is 4.09. The van der Waals surface area contributed by atoms with Crippen LogP contribution >= 0.6 is 0 Å². The van der Waals surface area contributed by atoms with Gasteiger partial charge in [0.05, 0.1) is 0 Å². The van der Waals surface area contributed by atoms with Crippen molar-refractivity contribution in [3.05, 3.63) is 0 Å². The average Bonchev–Trinajstić information content (AvgIpc) is 2.33. The lowest BCUT2D eigenvalue weighted by molar-refractivity contribution is -0.119. The second-order valence-electron chi connectivity index (χ2n) is 4.99. The lowest BCUT2D eigenvalue weighted by atomic mass is 9.97. The van der Waals surface area contributed by atoms with Crippen LogP contribution in [0.4, 0.5) is 0 Å². The van der Waals surface area contributed by atoms with Crippen molar-refractivity contribution in [3.8, 4) is 0 Å². The molecule has 0 aromatic carbocycles. The van der Waals surface area contributed by atoms with Crippen molar-refractivity contribution in [2.75, 3.05) is 13.1 Å². The first-order valence-corrected chi connectivity index (χ1v) is 4.97. The van der Waals surface area contributed by atoms with Gasteiger partial charge in [-0.05, 0) is 11.8 Å². The van der Waals surface area contributed by atoms with Crippen molar-refractivity contribution in [3.63, 3.8) is 0 Å². The maximum atomic E-state index is 10.9. The van der Waals surface area contributed by atoms with Gasteiger partial charge in [-0.25, -0.2) is 0 Å². The molecule has 0 unspecified atom stereocenters. The van der Waals surface area contributed by atoms with Crippen molar-refractivity contribution < 1.29 is 4.79 Å². The van der Waals surface area contributed by atoms with Crippen molar-refractivity contribution in [1.82, 2.24) is 10.6 Å². The Kier molecular flexibility index (Phi) is 3.31. The number of hydrogen-bond acceptors (Lipinski definition) is 2. The molecule has 2 N–H and O–H groups in total. The molecule has 0 aromatic rings. The summed E-state index contributed by atoms with van der Waals surface area (Å²) < 4.78 is 0. The molecule has 1 fully saturated rings. The molecule has 1 saturated heterocycles. The van der Waals surface area contributed by atoms with Gasteiger partial charge in [-0.2, -0.15) is 0 Å². The summed E-state index contributed by atoms with van der Waals surface area (Å²) >= 11 is 0. The van der Waals surface area contributed by atoms with Crippen LogP contribution in [0.1, 0.15) is 33.6 Å². The summed E-state index contributed by atoms with van der Waals surface area (Å²) in [6.07, 6.45) is 1.68. The topological polar surface area (TPSA) is 41.1 Å². The molecule has 0 saturated carbocycles. The molecule has 0 spiro atoms.